The number of carbonyl (C=O) groups excluding carboxylic acids is 2. The number of imide groups is 1. The molecule has 20 heavy (non-hydrogen) atoms. The van der Waals surface area contributed by atoms with E-state index in [9.17, 15) is 9.59 Å². The number of ether oxygens (including phenoxy) is 1. The van der Waals surface area contributed by atoms with E-state index in [1.165, 1.54) is 4.90 Å². The Hall–Kier alpha value is -1.95. The Balaban J connectivity index is 1.95. The summed E-state index contributed by atoms with van der Waals surface area (Å²) < 4.78 is 5.58. The highest BCUT2D eigenvalue weighted by Crippen LogP contribution is 2.20. The van der Waals surface area contributed by atoms with Gasteiger partial charge in [0.15, 0.2) is 0 Å². The number of carbonyl (C=O) groups is 2. The van der Waals surface area contributed by atoms with Crippen LogP contribution >= 0.6 is 12.2 Å². The highest BCUT2D eigenvalue weighted by Gasteiger charge is 2.35. The van der Waals surface area contributed by atoms with E-state index in [0.29, 0.717) is 11.3 Å². The lowest BCUT2D eigenvalue weighted by atomic mass is 10.1. The van der Waals surface area contributed by atoms with E-state index in [1.54, 1.807) is 19.1 Å². The number of thiocarbonyl (C=S) groups is 1. The number of amides is 2. The second-order valence-electron chi connectivity index (χ2n) is 4.70. The van der Waals surface area contributed by atoms with Crippen LogP contribution in [0.1, 0.15) is 18.9 Å². The molecule has 0 radical (unpaired) electrons. The minimum atomic E-state index is -0.230. The van der Waals surface area contributed by atoms with Crippen molar-refractivity contribution in [3.63, 3.8) is 0 Å². The molecule has 1 aromatic carbocycles. The van der Waals surface area contributed by atoms with Crippen LogP contribution in [0.3, 0.4) is 0 Å². The molecule has 0 spiro atoms. The molecule has 1 unspecified atom stereocenters. The Morgan fingerprint density at radius 2 is 2.15 bits per heavy atom. The van der Waals surface area contributed by atoms with Crippen molar-refractivity contribution in [2.75, 3.05) is 13.2 Å². The van der Waals surface area contributed by atoms with Crippen molar-refractivity contribution < 1.29 is 14.3 Å². The van der Waals surface area contributed by atoms with Crippen molar-refractivity contribution in [1.82, 2.24) is 4.90 Å². The number of rotatable bonds is 5. The van der Waals surface area contributed by atoms with E-state index in [0.717, 1.165) is 0 Å². The first-order valence-electron chi connectivity index (χ1n) is 6.36. The van der Waals surface area contributed by atoms with Gasteiger partial charge in [0.1, 0.15) is 17.3 Å². The Bertz CT molecular complexity index is 559. The zero-order chi connectivity index (χ0) is 14.7. The normalized spacial score (nSPS) is 18.4. The third-order valence-electron chi connectivity index (χ3n) is 3.19. The van der Waals surface area contributed by atoms with Crippen molar-refractivity contribution in [2.45, 2.75) is 13.3 Å². The predicted octanol–water partition coefficient (Wildman–Crippen LogP) is 1.09. The Morgan fingerprint density at radius 3 is 2.75 bits per heavy atom. The molecule has 1 heterocycles. The Kier molecular flexibility index (Phi) is 4.34. The molecular formula is C14H16N2O3S. The van der Waals surface area contributed by atoms with Crippen LogP contribution in [0, 0.1) is 5.92 Å². The average Bonchev–Trinajstić information content (AvgIpc) is 2.65. The van der Waals surface area contributed by atoms with Gasteiger partial charge in [-0.2, -0.15) is 0 Å². The topological polar surface area (TPSA) is 72.6 Å². The van der Waals surface area contributed by atoms with Gasteiger partial charge < -0.3 is 10.5 Å². The van der Waals surface area contributed by atoms with E-state index in [1.807, 2.05) is 12.1 Å². The predicted molar refractivity (Wildman–Crippen MR) is 78.3 cm³/mol. The van der Waals surface area contributed by atoms with Crippen LogP contribution < -0.4 is 10.5 Å². The van der Waals surface area contributed by atoms with Gasteiger partial charge in [0.25, 0.3) is 0 Å². The van der Waals surface area contributed by atoms with E-state index in [-0.39, 0.29) is 42.3 Å². The SMILES string of the molecule is CC1CC(=O)N(CCOc2ccccc2C(N)=S)C1=O. The van der Waals surface area contributed by atoms with Crippen molar-refractivity contribution in [1.29, 1.82) is 0 Å². The minimum absolute atomic E-state index is 0.138. The second-order valence-corrected chi connectivity index (χ2v) is 5.14. The smallest absolute Gasteiger partial charge is 0.232 e. The summed E-state index contributed by atoms with van der Waals surface area (Å²) in [5.74, 6) is 0.0495. The highest BCUT2D eigenvalue weighted by atomic mass is 32.1. The van der Waals surface area contributed by atoms with E-state index in [4.69, 9.17) is 22.7 Å². The fourth-order valence-electron chi connectivity index (χ4n) is 2.13. The Morgan fingerprint density at radius 1 is 1.45 bits per heavy atom. The van der Waals surface area contributed by atoms with Crippen LogP contribution in [0.2, 0.25) is 0 Å². The molecule has 106 valence electrons. The molecule has 1 aromatic rings. The van der Waals surface area contributed by atoms with E-state index < -0.39 is 0 Å². The standard InChI is InChI=1S/C14H16N2O3S/c1-9-8-12(17)16(14(9)18)6-7-19-11-5-3-2-4-10(11)13(15)20/h2-5,9H,6-8H2,1H3,(H2,15,20). The van der Waals surface area contributed by atoms with Crippen LogP contribution in [0.5, 0.6) is 5.75 Å². The molecule has 0 aromatic heterocycles. The first kappa shape index (κ1) is 14.5. The molecular weight excluding hydrogens is 276 g/mol. The van der Waals surface area contributed by atoms with Gasteiger partial charge in [-0.3, -0.25) is 14.5 Å². The second kappa shape index (κ2) is 6.00. The summed E-state index contributed by atoms with van der Waals surface area (Å²) in [6, 6.07) is 7.15. The molecule has 2 rings (SSSR count). The summed E-state index contributed by atoms with van der Waals surface area (Å²) in [6.45, 7) is 2.22. The summed E-state index contributed by atoms with van der Waals surface area (Å²) in [5.41, 5.74) is 6.25. The monoisotopic (exact) mass is 292 g/mol. The fraction of sp³-hybridized carbons (Fsp3) is 0.357. The van der Waals surface area contributed by atoms with Crippen LogP contribution in [-0.2, 0) is 9.59 Å². The first-order chi connectivity index (χ1) is 9.50. The molecule has 0 bridgehead atoms. The fourth-order valence-corrected chi connectivity index (χ4v) is 2.29. The number of para-hydroxylation sites is 1. The molecule has 1 aliphatic heterocycles. The van der Waals surface area contributed by atoms with Crippen LogP contribution in [-0.4, -0.2) is 34.9 Å². The molecule has 1 atom stereocenters. The largest absolute Gasteiger partial charge is 0.491 e. The lowest BCUT2D eigenvalue weighted by molar-refractivity contribution is -0.139. The van der Waals surface area contributed by atoms with E-state index >= 15 is 0 Å². The number of nitrogens with zero attached hydrogens (tertiary/aromatic N) is 1. The van der Waals surface area contributed by atoms with Gasteiger partial charge in [-0.15, -0.1) is 0 Å². The third-order valence-corrected chi connectivity index (χ3v) is 3.41. The summed E-state index contributed by atoms with van der Waals surface area (Å²) >= 11 is 4.94. The number of hydrogen-bond acceptors (Lipinski definition) is 4. The summed E-state index contributed by atoms with van der Waals surface area (Å²) in [7, 11) is 0. The van der Waals surface area contributed by atoms with Gasteiger partial charge in [0.2, 0.25) is 11.8 Å². The van der Waals surface area contributed by atoms with Crippen molar-refractivity contribution >= 4 is 29.0 Å². The molecule has 0 saturated carbocycles. The molecule has 6 heteroatoms. The summed E-state index contributed by atoms with van der Waals surface area (Å²) in [6.07, 6.45) is 0.280. The molecule has 1 aliphatic rings. The van der Waals surface area contributed by atoms with Crippen LogP contribution in [0.4, 0.5) is 0 Å². The maximum Gasteiger partial charge on any atom is 0.232 e. The highest BCUT2D eigenvalue weighted by molar-refractivity contribution is 7.80. The number of likely N-dealkylation sites (tertiary alicyclic amines) is 1. The van der Waals surface area contributed by atoms with Crippen molar-refractivity contribution in [2.24, 2.45) is 11.7 Å². The van der Waals surface area contributed by atoms with Crippen LogP contribution in [0.25, 0.3) is 0 Å². The van der Waals surface area contributed by atoms with E-state index in [2.05, 4.69) is 0 Å². The average molecular weight is 292 g/mol. The molecule has 5 nitrogen and oxygen atoms in total. The molecule has 2 amide bonds. The van der Waals surface area contributed by atoms with Gasteiger partial charge in [-0.05, 0) is 12.1 Å². The molecule has 2 N–H and O–H groups in total. The number of nitrogens with two attached hydrogens (primary N) is 1. The van der Waals surface area contributed by atoms with Gasteiger partial charge in [0, 0.05) is 12.3 Å². The molecule has 0 aliphatic carbocycles. The van der Waals surface area contributed by atoms with Crippen molar-refractivity contribution in [3.8, 4) is 5.75 Å². The minimum Gasteiger partial charge on any atom is -0.491 e. The van der Waals surface area contributed by atoms with Gasteiger partial charge in [0.05, 0.1) is 12.1 Å². The molecule has 1 fully saturated rings. The quantitative estimate of drug-likeness (QED) is 0.650. The van der Waals surface area contributed by atoms with Gasteiger partial charge >= 0.3 is 0 Å². The Labute approximate surface area is 122 Å². The molecule has 1 saturated heterocycles. The third kappa shape index (κ3) is 2.96. The lowest BCUT2D eigenvalue weighted by Crippen LogP contribution is -2.34. The van der Waals surface area contributed by atoms with Gasteiger partial charge in [-0.1, -0.05) is 31.3 Å². The first-order valence-corrected chi connectivity index (χ1v) is 6.77. The zero-order valence-corrected chi connectivity index (χ0v) is 12.0. The van der Waals surface area contributed by atoms with Crippen molar-refractivity contribution in [3.05, 3.63) is 29.8 Å². The maximum absolute atomic E-state index is 11.7. The summed E-state index contributed by atoms with van der Waals surface area (Å²) in [4.78, 5) is 24.9. The summed E-state index contributed by atoms with van der Waals surface area (Å²) in [5, 5.41) is 0. The number of benzene rings is 1. The maximum atomic E-state index is 11.7. The van der Waals surface area contributed by atoms with Gasteiger partial charge in [-0.25, -0.2) is 0 Å². The van der Waals surface area contributed by atoms with Crippen LogP contribution in [0.15, 0.2) is 24.3 Å². The zero-order valence-electron chi connectivity index (χ0n) is 11.2. The lowest BCUT2D eigenvalue weighted by Gasteiger charge is -2.16. The number of hydrogen-bond donors (Lipinski definition) is 1.